The normalized spacial score (nSPS) is 24.0. The summed E-state index contributed by atoms with van der Waals surface area (Å²) in [5.74, 6) is 0. The van der Waals surface area contributed by atoms with Crippen LogP contribution in [0.4, 0.5) is 22.7 Å². The zero-order valence-corrected chi connectivity index (χ0v) is 17.6. The maximum Gasteiger partial charge on any atom is 0.188 e. The Morgan fingerprint density at radius 3 is 2.10 bits per heavy atom. The number of quaternary nitrogens is 1. The molecule has 5 rings (SSSR count). The third-order valence-electron chi connectivity index (χ3n) is 7.51. The van der Waals surface area contributed by atoms with Gasteiger partial charge in [-0.3, -0.25) is 4.90 Å². The molecule has 2 heterocycles. The molecule has 29 heavy (non-hydrogen) atoms. The van der Waals surface area contributed by atoms with Gasteiger partial charge in [0, 0.05) is 11.6 Å². The van der Waals surface area contributed by atoms with Crippen molar-refractivity contribution in [2.75, 3.05) is 11.9 Å². The molecule has 0 N–H and O–H groups in total. The predicted molar refractivity (Wildman–Crippen MR) is 125 cm³/mol. The minimum absolute atomic E-state index is 0.0159. The molecule has 3 aromatic carbocycles. The van der Waals surface area contributed by atoms with Gasteiger partial charge in [0.25, 0.3) is 0 Å². The molecule has 3 aromatic rings. The van der Waals surface area contributed by atoms with E-state index >= 15 is 0 Å². The minimum Gasteiger partial charge on any atom is -0.284 e. The SMILES string of the molecule is C=C1c2ccccc2N2c3ccccc3[N+](C)(c3ccccc3)C2C1(CC)CC. The molecule has 0 fully saturated rings. The maximum atomic E-state index is 4.70. The van der Waals surface area contributed by atoms with Crippen LogP contribution in [0.2, 0.25) is 0 Å². The van der Waals surface area contributed by atoms with E-state index in [4.69, 9.17) is 6.58 Å². The largest absolute Gasteiger partial charge is 0.284 e. The van der Waals surface area contributed by atoms with Crippen LogP contribution in [0, 0.1) is 5.41 Å². The highest BCUT2D eigenvalue weighted by atomic mass is 15.5. The monoisotopic (exact) mass is 381 g/mol. The van der Waals surface area contributed by atoms with Gasteiger partial charge in [-0.1, -0.05) is 69.0 Å². The van der Waals surface area contributed by atoms with Gasteiger partial charge in [0.1, 0.15) is 11.4 Å². The summed E-state index contributed by atoms with van der Waals surface area (Å²) in [6.45, 7) is 9.36. The fourth-order valence-electron chi connectivity index (χ4n) is 5.98. The summed E-state index contributed by atoms with van der Waals surface area (Å²) in [5.41, 5.74) is 7.85. The van der Waals surface area contributed by atoms with E-state index in [1.54, 1.807) is 0 Å². The summed E-state index contributed by atoms with van der Waals surface area (Å²) in [6.07, 6.45) is 2.36. The molecule has 2 atom stereocenters. The molecule has 0 aromatic heterocycles. The van der Waals surface area contributed by atoms with Crippen molar-refractivity contribution in [3.8, 4) is 0 Å². The average molecular weight is 382 g/mol. The van der Waals surface area contributed by atoms with E-state index in [0.29, 0.717) is 0 Å². The highest BCUT2D eigenvalue weighted by Gasteiger charge is 2.62. The number of nitrogens with zero attached hydrogens (tertiary/aromatic N) is 2. The number of hydrogen-bond donors (Lipinski definition) is 0. The van der Waals surface area contributed by atoms with Gasteiger partial charge in [-0.25, -0.2) is 4.48 Å². The zero-order chi connectivity index (χ0) is 20.2. The van der Waals surface area contributed by atoms with Crippen LogP contribution in [0.5, 0.6) is 0 Å². The number of benzene rings is 3. The molecule has 146 valence electrons. The highest BCUT2D eigenvalue weighted by Crippen LogP contribution is 2.64. The molecule has 0 aliphatic carbocycles. The Morgan fingerprint density at radius 1 is 0.828 bits per heavy atom. The molecule has 0 saturated heterocycles. The zero-order valence-electron chi connectivity index (χ0n) is 17.6. The first-order chi connectivity index (χ1) is 14.1. The Balaban J connectivity index is 1.90. The quantitative estimate of drug-likeness (QED) is 0.431. The van der Waals surface area contributed by atoms with Gasteiger partial charge in [0.05, 0.1) is 18.2 Å². The van der Waals surface area contributed by atoms with E-state index in [2.05, 4.69) is 105 Å². The Kier molecular flexibility index (Phi) is 3.97. The molecule has 0 spiro atoms. The molecular weight excluding hydrogens is 352 g/mol. The Morgan fingerprint density at radius 2 is 1.41 bits per heavy atom. The lowest BCUT2D eigenvalue weighted by atomic mass is 9.67. The molecule has 2 nitrogen and oxygen atoms in total. The summed E-state index contributed by atoms with van der Waals surface area (Å²) in [6, 6.07) is 28.7. The fourth-order valence-corrected chi connectivity index (χ4v) is 5.98. The maximum absolute atomic E-state index is 4.70. The van der Waals surface area contributed by atoms with Crippen LogP contribution in [0.3, 0.4) is 0 Å². The van der Waals surface area contributed by atoms with Gasteiger partial charge in [-0.2, -0.15) is 0 Å². The lowest BCUT2D eigenvalue weighted by Crippen LogP contribution is -2.62. The topological polar surface area (TPSA) is 3.24 Å². The predicted octanol–water partition coefficient (Wildman–Crippen LogP) is 7.27. The molecule has 0 amide bonds. The van der Waals surface area contributed by atoms with Crippen molar-refractivity contribution in [2.24, 2.45) is 5.41 Å². The number of para-hydroxylation sites is 4. The Hall–Kier alpha value is -2.84. The van der Waals surface area contributed by atoms with E-state index in [-0.39, 0.29) is 11.6 Å². The van der Waals surface area contributed by atoms with E-state index in [1.165, 1.54) is 33.9 Å². The molecule has 0 saturated carbocycles. The van der Waals surface area contributed by atoms with E-state index in [0.717, 1.165) is 17.3 Å². The molecule has 2 aliphatic heterocycles. The van der Waals surface area contributed by atoms with Gasteiger partial charge in [-0.05, 0) is 42.7 Å². The second kappa shape index (κ2) is 6.33. The van der Waals surface area contributed by atoms with Crippen LogP contribution in [0.15, 0.2) is 85.4 Å². The van der Waals surface area contributed by atoms with Crippen molar-refractivity contribution in [2.45, 2.75) is 32.9 Å². The lowest BCUT2D eigenvalue weighted by Gasteiger charge is -2.53. The van der Waals surface area contributed by atoms with Crippen LogP contribution >= 0.6 is 0 Å². The molecule has 2 unspecified atom stereocenters. The molecule has 2 heteroatoms. The molecule has 2 aliphatic rings. The Labute approximate surface area is 174 Å². The van der Waals surface area contributed by atoms with Gasteiger partial charge >= 0.3 is 0 Å². The smallest absolute Gasteiger partial charge is 0.188 e. The van der Waals surface area contributed by atoms with Crippen molar-refractivity contribution < 1.29 is 0 Å². The lowest BCUT2D eigenvalue weighted by molar-refractivity contribution is 0.182. The van der Waals surface area contributed by atoms with Gasteiger partial charge in [0.15, 0.2) is 11.9 Å². The number of hydrogen-bond acceptors (Lipinski definition) is 1. The second-order valence-corrected chi connectivity index (χ2v) is 8.50. The minimum atomic E-state index is -0.0159. The van der Waals surface area contributed by atoms with Crippen LogP contribution < -0.4 is 9.38 Å². The fraction of sp³-hybridized carbons (Fsp3) is 0.259. The van der Waals surface area contributed by atoms with Crippen molar-refractivity contribution in [1.29, 1.82) is 0 Å². The number of anilines is 2. The molecule has 0 bridgehead atoms. The third-order valence-corrected chi connectivity index (χ3v) is 7.51. The first kappa shape index (κ1) is 18.2. The van der Waals surface area contributed by atoms with Crippen LogP contribution in [0.25, 0.3) is 5.57 Å². The third kappa shape index (κ3) is 2.15. The highest BCUT2D eigenvalue weighted by molar-refractivity contribution is 5.94. The van der Waals surface area contributed by atoms with Crippen LogP contribution in [-0.2, 0) is 0 Å². The van der Waals surface area contributed by atoms with Crippen molar-refractivity contribution in [1.82, 2.24) is 4.48 Å². The molecule has 0 radical (unpaired) electrons. The van der Waals surface area contributed by atoms with Crippen molar-refractivity contribution in [3.63, 3.8) is 0 Å². The van der Waals surface area contributed by atoms with Gasteiger partial charge < -0.3 is 0 Å². The van der Waals surface area contributed by atoms with Gasteiger partial charge in [-0.15, -0.1) is 0 Å². The summed E-state index contributed by atoms with van der Waals surface area (Å²) < 4.78 is 0.770. The van der Waals surface area contributed by atoms with Gasteiger partial charge in [0.2, 0.25) is 0 Å². The average Bonchev–Trinajstić information content (AvgIpc) is 3.06. The van der Waals surface area contributed by atoms with E-state index < -0.39 is 0 Å². The Bertz CT molecular complexity index is 1080. The summed E-state index contributed by atoms with van der Waals surface area (Å²) >= 11 is 0. The number of rotatable bonds is 3. The van der Waals surface area contributed by atoms with Crippen molar-refractivity contribution >= 4 is 28.3 Å². The standard InChI is InChI=1S/C27H29N2/c1-5-27(6-2)20(3)22-16-10-11-17-23(22)28-24-18-12-13-19-25(24)29(4,26(27)28)21-14-8-7-9-15-21/h7-19,26H,3,5-6H2,1-2,4H3/q+1. The van der Waals surface area contributed by atoms with Crippen LogP contribution in [-0.4, -0.2) is 13.2 Å². The summed E-state index contributed by atoms with van der Waals surface area (Å²) in [7, 11) is 2.39. The van der Waals surface area contributed by atoms with E-state index in [1.807, 2.05) is 0 Å². The first-order valence-electron chi connectivity index (χ1n) is 10.7. The molecular formula is C27H29N2+. The van der Waals surface area contributed by atoms with E-state index in [9.17, 15) is 0 Å². The van der Waals surface area contributed by atoms with Crippen molar-refractivity contribution in [3.05, 3.63) is 91.0 Å². The first-order valence-corrected chi connectivity index (χ1v) is 10.7. The second-order valence-electron chi connectivity index (χ2n) is 8.50. The van der Waals surface area contributed by atoms with Crippen LogP contribution in [0.1, 0.15) is 32.3 Å². The number of fused-ring (bicyclic) bond motifs is 5. The summed E-state index contributed by atoms with van der Waals surface area (Å²) in [4.78, 5) is 2.61. The summed E-state index contributed by atoms with van der Waals surface area (Å²) in [5, 5.41) is 0.